The average molecular weight is 654 g/mol. The molecule has 1 fully saturated rings. The third-order valence-electron chi connectivity index (χ3n) is 5.81. The lowest BCUT2D eigenvalue weighted by molar-refractivity contribution is -0.150. The van der Waals surface area contributed by atoms with Crippen LogP contribution in [0.25, 0.3) is 0 Å². The van der Waals surface area contributed by atoms with Gasteiger partial charge in [0.25, 0.3) is 11.8 Å². The van der Waals surface area contributed by atoms with Crippen LogP contribution in [-0.4, -0.2) is 97.3 Å². The van der Waals surface area contributed by atoms with Crippen LogP contribution in [0.1, 0.15) is 5.69 Å². The predicted molar refractivity (Wildman–Crippen MR) is 154 cm³/mol. The van der Waals surface area contributed by atoms with E-state index in [0.29, 0.717) is 0 Å². The lowest BCUT2D eigenvalue weighted by Crippen LogP contribution is -2.71. The van der Waals surface area contributed by atoms with Crippen LogP contribution < -0.4 is 27.5 Å². The summed E-state index contributed by atoms with van der Waals surface area (Å²) in [4.78, 5) is 83.4. The molecule has 2 aromatic heterocycles. The molecular weight excluding hydrogens is 630 g/mol. The normalized spacial score (nSPS) is 18.2. The first kappa shape index (κ1) is 31.3. The van der Waals surface area contributed by atoms with E-state index in [0.717, 1.165) is 32.6 Å². The summed E-state index contributed by atoms with van der Waals surface area (Å²) in [5, 5.41) is 27.0. The molecule has 2 aromatic rings. The smallest absolute Gasteiger partial charge is 0.406 e. The molecule has 2 unspecified atom stereocenters. The van der Waals surface area contributed by atoms with Crippen LogP contribution in [0.4, 0.5) is 9.93 Å². The molecule has 4 heterocycles. The monoisotopic (exact) mass is 653 g/mol. The number of methoxy groups -OCH3 is 1. The maximum Gasteiger partial charge on any atom is 0.406 e. The number of anilines is 1. The number of aliphatic carboxylic acids is 1. The molecular formula is C22H23N9O9S3. The molecule has 21 heteroatoms. The van der Waals surface area contributed by atoms with Crippen molar-refractivity contribution >= 4 is 69.6 Å². The van der Waals surface area contributed by atoms with E-state index in [4.69, 9.17) is 10.6 Å². The average Bonchev–Trinajstić information content (AvgIpc) is 3.42. The maximum atomic E-state index is 13.0. The number of thiazole rings is 1. The van der Waals surface area contributed by atoms with Crippen molar-refractivity contribution in [1.82, 2.24) is 35.3 Å². The van der Waals surface area contributed by atoms with Crippen molar-refractivity contribution in [3.8, 4) is 0 Å². The Balaban J connectivity index is 1.49. The van der Waals surface area contributed by atoms with E-state index >= 15 is 0 Å². The molecule has 4 rings (SSSR count). The van der Waals surface area contributed by atoms with Gasteiger partial charge in [-0.25, -0.2) is 19.7 Å². The molecule has 0 aliphatic carbocycles. The van der Waals surface area contributed by atoms with Crippen LogP contribution in [-0.2, 0) is 30.5 Å². The summed E-state index contributed by atoms with van der Waals surface area (Å²) in [7, 11) is 2.41. The highest BCUT2D eigenvalue weighted by molar-refractivity contribution is 8.02. The van der Waals surface area contributed by atoms with Crippen LogP contribution >= 0.6 is 34.9 Å². The number of oxime groups is 1. The van der Waals surface area contributed by atoms with Crippen molar-refractivity contribution < 1.29 is 33.9 Å². The minimum Gasteiger partial charge on any atom is -0.477 e. The number of nitrogens with zero attached hydrogens (tertiary/aromatic N) is 5. The van der Waals surface area contributed by atoms with E-state index in [-0.39, 0.29) is 51.8 Å². The zero-order valence-electron chi connectivity index (χ0n) is 22.3. The Morgan fingerprint density at radius 2 is 2.09 bits per heavy atom. The number of H-pyrrole nitrogens is 1. The minimum absolute atomic E-state index is 0.0350. The number of carbonyl (C=O) groups is 4. The number of aromatic amines is 1. The van der Waals surface area contributed by atoms with Gasteiger partial charge >= 0.3 is 23.2 Å². The number of thioether (sulfide) groups is 2. The first-order chi connectivity index (χ1) is 20.6. The fourth-order valence-electron chi connectivity index (χ4n) is 3.90. The number of amides is 3. The standard InChI is InChI=1S/C22H23N9O9S3/c1-39-22(38)24-4-5-30-17(35)15(33)27-28-21(30)41-6-3-9-7-42-18-12(16(34)31(18)13(9)19(36)37)26-14(32)11(29-40-2)10-8-43-20(23)25-10/h3,6,8,12,18H,4-5,7H2,1-2H3,(H2,23,25)(H,24,38)(H,26,32)(H,27,33)(H,36,37). The van der Waals surface area contributed by atoms with Gasteiger partial charge in [0.1, 0.15) is 29.9 Å². The molecule has 1 saturated heterocycles. The predicted octanol–water partition coefficient (Wildman–Crippen LogP) is -1.28. The van der Waals surface area contributed by atoms with E-state index in [2.05, 4.69) is 35.7 Å². The van der Waals surface area contributed by atoms with E-state index in [1.54, 1.807) is 0 Å². The van der Waals surface area contributed by atoms with Gasteiger partial charge in [-0.3, -0.25) is 28.6 Å². The Morgan fingerprint density at radius 1 is 1.33 bits per heavy atom. The van der Waals surface area contributed by atoms with Gasteiger partial charge in [0.15, 0.2) is 16.0 Å². The Bertz CT molecular complexity index is 1660. The van der Waals surface area contributed by atoms with Crippen LogP contribution in [0.3, 0.4) is 0 Å². The number of rotatable bonds is 11. The third-order valence-corrected chi connectivity index (χ3v) is 8.58. The number of nitrogen functional groups attached to an aromatic ring is 1. The Hall–Kier alpha value is -4.63. The largest absolute Gasteiger partial charge is 0.477 e. The van der Waals surface area contributed by atoms with Crippen LogP contribution in [0.5, 0.6) is 0 Å². The second-order valence-corrected chi connectivity index (χ2v) is 11.2. The lowest BCUT2D eigenvalue weighted by Gasteiger charge is -2.49. The van der Waals surface area contributed by atoms with E-state index in [1.807, 2.05) is 0 Å². The van der Waals surface area contributed by atoms with Gasteiger partial charge < -0.3 is 31.0 Å². The number of allylic oxidation sites excluding steroid dienone is 1. The molecule has 43 heavy (non-hydrogen) atoms. The summed E-state index contributed by atoms with van der Waals surface area (Å²) in [5.41, 5.74) is 3.72. The van der Waals surface area contributed by atoms with Crippen molar-refractivity contribution in [2.75, 3.05) is 32.3 Å². The molecule has 0 aromatic carbocycles. The number of nitrogens with one attached hydrogen (secondary N) is 3. The van der Waals surface area contributed by atoms with Crippen molar-refractivity contribution in [2.45, 2.75) is 23.1 Å². The number of carboxylic acids is 1. The first-order valence-electron chi connectivity index (χ1n) is 12.0. The molecule has 0 bridgehead atoms. The van der Waals surface area contributed by atoms with Crippen molar-refractivity contribution in [1.29, 1.82) is 0 Å². The summed E-state index contributed by atoms with van der Waals surface area (Å²) in [6, 6.07) is -1.04. The SMILES string of the molecule is CON=C(C(=O)NC1C(=O)N2C(C(=O)O)=C(C=CSc3n[nH]c(=O)c(=O)n3CCNC(=O)OC)CSC12)c1csc(N)n1. The molecule has 18 nitrogen and oxygen atoms in total. The second-order valence-electron chi connectivity index (χ2n) is 8.36. The number of alkyl carbamates (subject to hydrolysis) is 1. The summed E-state index contributed by atoms with van der Waals surface area (Å²) in [5.74, 6) is -2.60. The second kappa shape index (κ2) is 13.6. The topological polar surface area (TPSA) is 253 Å². The number of nitrogens with two attached hydrogens (primary N) is 1. The Kier molecular flexibility index (Phi) is 9.88. The van der Waals surface area contributed by atoms with Gasteiger partial charge in [-0.15, -0.1) is 28.2 Å². The van der Waals surface area contributed by atoms with E-state index in [9.17, 15) is 33.9 Å². The zero-order valence-corrected chi connectivity index (χ0v) is 24.7. The Morgan fingerprint density at radius 3 is 2.74 bits per heavy atom. The number of fused-ring (bicyclic) bond motifs is 1. The highest BCUT2D eigenvalue weighted by Gasteiger charge is 2.54. The zero-order chi connectivity index (χ0) is 31.3. The number of ether oxygens (including phenoxy) is 1. The van der Waals surface area contributed by atoms with Crippen LogP contribution in [0, 0.1) is 0 Å². The molecule has 228 valence electrons. The van der Waals surface area contributed by atoms with E-state index < -0.39 is 46.4 Å². The summed E-state index contributed by atoms with van der Waals surface area (Å²) in [6.07, 6.45) is 0.720. The fourth-order valence-corrected chi connectivity index (χ4v) is 6.52. The van der Waals surface area contributed by atoms with Crippen LogP contribution in [0.2, 0.25) is 0 Å². The summed E-state index contributed by atoms with van der Waals surface area (Å²) in [6.45, 7) is -0.129. The molecule has 0 saturated carbocycles. The highest BCUT2D eigenvalue weighted by atomic mass is 32.2. The quantitative estimate of drug-likeness (QED) is 0.0623. The summed E-state index contributed by atoms with van der Waals surface area (Å²) < 4.78 is 5.51. The number of carboxylic acid groups (broad SMARTS) is 1. The van der Waals surface area contributed by atoms with Crippen molar-refractivity contribution in [2.24, 2.45) is 5.16 Å². The summed E-state index contributed by atoms with van der Waals surface area (Å²) >= 11 is 3.21. The van der Waals surface area contributed by atoms with Gasteiger partial charge in [-0.05, 0) is 17.1 Å². The molecule has 2 aliphatic heterocycles. The number of β-lactam (4-membered cyclic amide) rings is 1. The minimum atomic E-state index is -1.36. The number of aromatic nitrogens is 4. The number of hydrogen-bond donors (Lipinski definition) is 5. The molecule has 0 spiro atoms. The lowest BCUT2D eigenvalue weighted by atomic mass is 10.0. The molecule has 6 N–H and O–H groups in total. The maximum absolute atomic E-state index is 13.0. The Labute approximate surface area is 253 Å². The van der Waals surface area contributed by atoms with Crippen LogP contribution in [0.15, 0.2) is 48.0 Å². The number of carbonyl (C=O) groups excluding carboxylic acids is 3. The van der Waals surface area contributed by atoms with Crippen molar-refractivity contribution in [3.63, 3.8) is 0 Å². The van der Waals surface area contributed by atoms with Gasteiger partial charge in [-0.2, -0.15) is 0 Å². The van der Waals surface area contributed by atoms with Crippen molar-refractivity contribution in [3.05, 3.63) is 54.5 Å². The fraction of sp³-hybridized carbons (Fsp3) is 0.318. The third kappa shape index (κ3) is 6.73. The molecule has 2 aliphatic rings. The highest BCUT2D eigenvalue weighted by Crippen LogP contribution is 2.41. The first-order valence-corrected chi connectivity index (χ1v) is 14.8. The molecule has 0 radical (unpaired) electrons. The number of hydrogen-bond acceptors (Lipinski definition) is 15. The van der Waals surface area contributed by atoms with Gasteiger partial charge in [-0.1, -0.05) is 16.9 Å². The van der Waals surface area contributed by atoms with Gasteiger partial charge in [0.2, 0.25) is 0 Å². The van der Waals surface area contributed by atoms with Gasteiger partial charge in [0.05, 0.1) is 7.11 Å². The van der Waals surface area contributed by atoms with Gasteiger partial charge in [0, 0.05) is 24.2 Å². The molecule has 3 amide bonds. The van der Waals surface area contributed by atoms with E-state index in [1.165, 1.54) is 42.8 Å². The molecule has 2 atom stereocenters.